The van der Waals surface area contributed by atoms with Gasteiger partial charge in [-0.3, -0.25) is 9.97 Å². The molecule has 2 rings (SSSR count). The molecule has 0 bridgehead atoms. The van der Waals surface area contributed by atoms with Crippen molar-refractivity contribution in [3.63, 3.8) is 0 Å². The van der Waals surface area contributed by atoms with Crippen LogP contribution in [-0.4, -0.2) is 24.2 Å². The first-order valence-electron chi connectivity index (χ1n) is 6.45. The molecule has 5 heteroatoms. The highest BCUT2D eigenvalue weighted by molar-refractivity contribution is 5.42. The van der Waals surface area contributed by atoms with Gasteiger partial charge in [0, 0.05) is 37.2 Å². The highest BCUT2D eigenvalue weighted by Crippen LogP contribution is 2.29. The number of rotatable bonds is 6. The highest BCUT2D eigenvalue weighted by Gasteiger charge is 2.12. The molecule has 2 aromatic heterocycles. The van der Waals surface area contributed by atoms with Crippen LogP contribution in [0.25, 0.3) is 0 Å². The summed E-state index contributed by atoms with van der Waals surface area (Å²) in [6, 6.07) is 5.98. The zero-order valence-corrected chi connectivity index (χ0v) is 12.0. The summed E-state index contributed by atoms with van der Waals surface area (Å²) >= 11 is 0. The minimum absolute atomic E-state index is 0.204. The lowest BCUT2D eigenvalue weighted by molar-refractivity contribution is 0.347. The lowest BCUT2D eigenvalue weighted by Crippen LogP contribution is -2.19. The van der Waals surface area contributed by atoms with Crippen molar-refractivity contribution in [1.29, 1.82) is 0 Å². The molecule has 0 saturated carbocycles. The Kier molecular flexibility index (Phi) is 4.90. The SMILES string of the molecule is COc1ccnc(CNC(C)c2ccncc2)c1OC. The molecular formula is C15H19N3O2. The summed E-state index contributed by atoms with van der Waals surface area (Å²) in [5.74, 6) is 1.36. The van der Waals surface area contributed by atoms with Crippen molar-refractivity contribution in [3.8, 4) is 11.5 Å². The Morgan fingerprint density at radius 3 is 2.50 bits per heavy atom. The topological polar surface area (TPSA) is 56.3 Å². The Morgan fingerprint density at radius 2 is 1.85 bits per heavy atom. The Bertz CT molecular complexity index is 546. The van der Waals surface area contributed by atoms with Crippen LogP contribution in [0.5, 0.6) is 11.5 Å². The molecular weight excluding hydrogens is 254 g/mol. The quantitative estimate of drug-likeness (QED) is 0.875. The third kappa shape index (κ3) is 3.24. The lowest BCUT2D eigenvalue weighted by atomic mass is 10.1. The fourth-order valence-corrected chi connectivity index (χ4v) is 2.00. The molecule has 106 valence electrons. The van der Waals surface area contributed by atoms with Crippen molar-refractivity contribution in [1.82, 2.24) is 15.3 Å². The molecule has 1 atom stereocenters. The number of aromatic nitrogens is 2. The first kappa shape index (κ1) is 14.3. The van der Waals surface area contributed by atoms with E-state index in [4.69, 9.17) is 9.47 Å². The van der Waals surface area contributed by atoms with Crippen LogP contribution >= 0.6 is 0 Å². The smallest absolute Gasteiger partial charge is 0.183 e. The molecule has 1 unspecified atom stereocenters. The zero-order chi connectivity index (χ0) is 14.4. The van der Waals surface area contributed by atoms with Crippen molar-refractivity contribution in [2.45, 2.75) is 19.5 Å². The normalized spacial score (nSPS) is 11.9. The Labute approximate surface area is 119 Å². The van der Waals surface area contributed by atoms with E-state index in [1.54, 1.807) is 38.9 Å². The van der Waals surface area contributed by atoms with Crippen LogP contribution in [0.3, 0.4) is 0 Å². The average molecular weight is 273 g/mol. The van der Waals surface area contributed by atoms with Crippen LogP contribution in [0.2, 0.25) is 0 Å². The van der Waals surface area contributed by atoms with E-state index in [1.807, 2.05) is 12.1 Å². The van der Waals surface area contributed by atoms with Crippen molar-refractivity contribution in [3.05, 3.63) is 48.0 Å². The van der Waals surface area contributed by atoms with Gasteiger partial charge in [0.15, 0.2) is 11.5 Å². The van der Waals surface area contributed by atoms with Crippen molar-refractivity contribution in [2.24, 2.45) is 0 Å². The van der Waals surface area contributed by atoms with E-state index in [2.05, 4.69) is 22.2 Å². The second-order valence-electron chi connectivity index (χ2n) is 4.38. The number of pyridine rings is 2. The number of nitrogens with zero attached hydrogens (tertiary/aromatic N) is 2. The third-order valence-electron chi connectivity index (χ3n) is 3.15. The van der Waals surface area contributed by atoms with E-state index in [1.165, 1.54) is 5.56 Å². The maximum Gasteiger partial charge on any atom is 0.183 e. The van der Waals surface area contributed by atoms with Crippen LogP contribution in [-0.2, 0) is 6.54 Å². The molecule has 0 amide bonds. The molecule has 0 fully saturated rings. The van der Waals surface area contributed by atoms with Gasteiger partial charge in [-0.25, -0.2) is 0 Å². The van der Waals surface area contributed by atoms with Gasteiger partial charge in [-0.1, -0.05) is 0 Å². The second-order valence-corrected chi connectivity index (χ2v) is 4.38. The van der Waals surface area contributed by atoms with Gasteiger partial charge in [0.2, 0.25) is 0 Å². The van der Waals surface area contributed by atoms with Gasteiger partial charge in [0.1, 0.15) is 0 Å². The minimum atomic E-state index is 0.204. The molecule has 0 radical (unpaired) electrons. The average Bonchev–Trinajstić information content (AvgIpc) is 2.52. The summed E-state index contributed by atoms with van der Waals surface area (Å²) in [5.41, 5.74) is 2.01. The van der Waals surface area contributed by atoms with Gasteiger partial charge in [0.25, 0.3) is 0 Å². The van der Waals surface area contributed by atoms with Crippen LogP contribution < -0.4 is 14.8 Å². The summed E-state index contributed by atoms with van der Waals surface area (Å²) < 4.78 is 10.6. The van der Waals surface area contributed by atoms with Crippen molar-refractivity contribution >= 4 is 0 Å². The number of hydrogen-bond acceptors (Lipinski definition) is 5. The maximum atomic E-state index is 5.37. The van der Waals surface area contributed by atoms with Crippen molar-refractivity contribution in [2.75, 3.05) is 14.2 Å². The first-order chi connectivity index (χ1) is 9.76. The predicted molar refractivity (Wildman–Crippen MR) is 76.8 cm³/mol. The number of hydrogen-bond donors (Lipinski definition) is 1. The lowest BCUT2D eigenvalue weighted by Gasteiger charge is -2.16. The predicted octanol–water partition coefficient (Wildman–Crippen LogP) is 2.34. The fraction of sp³-hybridized carbons (Fsp3) is 0.333. The molecule has 2 aromatic rings. The highest BCUT2D eigenvalue weighted by atomic mass is 16.5. The van der Waals surface area contributed by atoms with Crippen molar-refractivity contribution < 1.29 is 9.47 Å². The molecule has 0 saturated heterocycles. The van der Waals surface area contributed by atoms with Gasteiger partial charge in [-0.15, -0.1) is 0 Å². The molecule has 0 spiro atoms. The standard InChI is InChI=1S/C15H19N3O2/c1-11(12-4-7-16-8-5-12)18-10-13-15(20-3)14(19-2)6-9-17-13/h4-9,11,18H,10H2,1-3H3. The van der Waals surface area contributed by atoms with Crippen LogP contribution in [0.1, 0.15) is 24.2 Å². The van der Waals surface area contributed by atoms with Crippen LogP contribution in [0, 0.1) is 0 Å². The summed E-state index contributed by atoms with van der Waals surface area (Å²) in [4.78, 5) is 8.36. The Morgan fingerprint density at radius 1 is 1.10 bits per heavy atom. The number of methoxy groups -OCH3 is 2. The van der Waals surface area contributed by atoms with Crippen LogP contribution in [0.15, 0.2) is 36.8 Å². The largest absolute Gasteiger partial charge is 0.493 e. The molecule has 2 heterocycles. The van der Waals surface area contributed by atoms with E-state index in [0.29, 0.717) is 18.0 Å². The summed E-state index contributed by atoms with van der Waals surface area (Å²) in [5, 5.41) is 3.42. The molecule has 0 aromatic carbocycles. The summed E-state index contributed by atoms with van der Waals surface area (Å²) in [6.45, 7) is 2.70. The van der Waals surface area contributed by atoms with E-state index in [-0.39, 0.29) is 6.04 Å². The minimum Gasteiger partial charge on any atom is -0.493 e. The number of ether oxygens (including phenoxy) is 2. The van der Waals surface area contributed by atoms with Gasteiger partial charge in [0.05, 0.1) is 19.9 Å². The van der Waals surface area contributed by atoms with Gasteiger partial charge in [-0.2, -0.15) is 0 Å². The summed E-state index contributed by atoms with van der Waals surface area (Å²) in [6.07, 6.45) is 5.30. The first-order valence-corrected chi connectivity index (χ1v) is 6.45. The molecule has 1 N–H and O–H groups in total. The number of nitrogens with one attached hydrogen (secondary N) is 1. The van der Waals surface area contributed by atoms with E-state index in [0.717, 1.165) is 5.69 Å². The van der Waals surface area contributed by atoms with E-state index in [9.17, 15) is 0 Å². The Balaban J connectivity index is 2.07. The Hall–Kier alpha value is -2.14. The molecule has 20 heavy (non-hydrogen) atoms. The third-order valence-corrected chi connectivity index (χ3v) is 3.15. The van der Waals surface area contributed by atoms with Gasteiger partial charge < -0.3 is 14.8 Å². The summed E-state index contributed by atoms with van der Waals surface area (Å²) in [7, 11) is 3.24. The second kappa shape index (κ2) is 6.86. The van der Waals surface area contributed by atoms with E-state index < -0.39 is 0 Å². The van der Waals surface area contributed by atoms with Gasteiger partial charge in [-0.05, 0) is 24.6 Å². The van der Waals surface area contributed by atoms with E-state index >= 15 is 0 Å². The zero-order valence-electron chi connectivity index (χ0n) is 12.0. The maximum absolute atomic E-state index is 5.37. The molecule has 0 aliphatic rings. The van der Waals surface area contributed by atoms with Crippen LogP contribution in [0.4, 0.5) is 0 Å². The molecule has 5 nitrogen and oxygen atoms in total. The molecule has 0 aliphatic carbocycles. The monoisotopic (exact) mass is 273 g/mol. The van der Waals surface area contributed by atoms with Gasteiger partial charge >= 0.3 is 0 Å². The molecule has 0 aliphatic heterocycles. The fourth-order valence-electron chi connectivity index (χ4n) is 2.00.